The standard InChI is InChI=1S/C16H21N2S/c1-4-17(5-2)14-6-8-15(9-7-14)18-12-10-16(19-3)11-13-18/h6-13H,4-5H2,1-3H3/q+1. The Balaban J connectivity index is 2.21. The van der Waals surface area contributed by atoms with Gasteiger partial charge in [-0.3, -0.25) is 0 Å². The van der Waals surface area contributed by atoms with Gasteiger partial charge in [-0.2, -0.15) is 4.57 Å². The van der Waals surface area contributed by atoms with Crippen molar-refractivity contribution >= 4 is 17.4 Å². The highest BCUT2D eigenvalue weighted by Crippen LogP contribution is 2.15. The van der Waals surface area contributed by atoms with Gasteiger partial charge in [0.25, 0.3) is 0 Å². The van der Waals surface area contributed by atoms with Gasteiger partial charge in [0.2, 0.25) is 5.69 Å². The number of rotatable bonds is 5. The summed E-state index contributed by atoms with van der Waals surface area (Å²) in [7, 11) is 0. The molecule has 1 heterocycles. The van der Waals surface area contributed by atoms with Crippen molar-refractivity contribution in [3.8, 4) is 5.69 Å². The first-order valence-electron chi connectivity index (χ1n) is 6.69. The molecule has 0 atom stereocenters. The average Bonchev–Trinajstić information content (AvgIpc) is 2.49. The van der Waals surface area contributed by atoms with E-state index in [1.165, 1.54) is 16.3 Å². The third-order valence-corrected chi connectivity index (χ3v) is 4.05. The number of hydrogen-bond acceptors (Lipinski definition) is 2. The Kier molecular flexibility index (Phi) is 4.86. The molecule has 0 radical (unpaired) electrons. The van der Waals surface area contributed by atoms with Crippen LogP contribution in [0.2, 0.25) is 0 Å². The summed E-state index contributed by atoms with van der Waals surface area (Å²) in [6, 6.07) is 13.0. The van der Waals surface area contributed by atoms with Crippen LogP contribution in [-0.4, -0.2) is 19.3 Å². The van der Waals surface area contributed by atoms with Gasteiger partial charge < -0.3 is 4.90 Å². The average molecular weight is 273 g/mol. The number of nitrogens with zero attached hydrogens (tertiary/aromatic N) is 2. The van der Waals surface area contributed by atoms with Crippen molar-refractivity contribution in [2.24, 2.45) is 0 Å². The molecule has 0 spiro atoms. The highest BCUT2D eigenvalue weighted by atomic mass is 32.2. The van der Waals surface area contributed by atoms with Crippen molar-refractivity contribution in [1.29, 1.82) is 0 Å². The highest BCUT2D eigenvalue weighted by Gasteiger charge is 2.07. The minimum atomic E-state index is 1.05. The first-order chi connectivity index (χ1) is 9.28. The van der Waals surface area contributed by atoms with E-state index in [0.717, 1.165) is 13.1 Å². The van der Waals surface area contributed by atoms with E-state index in [4.69, 9.17) is 0 Å². The van der Waals surface area contributed by atoms with Gasteiger partial charge in [-0.15, -0.1) is 11.8 Å². The zero-order valence-corrected chi connectivity index (χ0v) is 12.7. The predicted octanol–water partition coefficient (Wildman–Crippen LogP) is 3.53. The van der Waals surface area contributed by atoms with Crippen LogP contribution < -0.4 is 9.47 Å². The molecule has 19 heavy (non-hydrogen) atoms. The second-order valence-corrected chi connectivity index (χ2v) is 5.21. The van der Waals surface area contributed by atoms with Gasteiger partial charge >= 0.3 is 0 Å². The summed E-state index contributed by atoms with van der Waals surface area (Å²) in [6.45, 7) is 6.47. The summed E-state index contributed by atoms with van der Waals surface area (Å²) in [5.74, 6) is 0. The molecule has 0 fully saturated rings. The van der Waals surface area contributed by atoms with Gasteiger partial charge in [0.05, 0.1) is 0 Å². The van der Waals surface area contributed by atoms with Crippen molar-refractivity contribution in [2.75, 3.05) is 24.2 Å². The van der Waals surface area contributed by atoms with Crippen LogP contribution in [-0.2, 0) is 0 Å². The Morgan fingerprint density at radius 3 is 2.00 bits per heavy atom. The fourth-order valence-electron chi connectivity index (χ4n) is 2.15. The second-order valence-electron chi connectivity index (χ2n) is 4.33. The SMILES string of the molecule is CCN(CC)c1ccc(-[n+]2ccc(SC)cc2)cc1. The normalized spacial score (nSPS) is 10.5. The minimum Gasteiger partial charge on any atom is -0.372 e. The summed E-state index contributed by atoms with van der Waals surface area (Å²) in [5.41, 5.74) is 2.48. The van der Waals surface area contributed by atoms with Crippen molar-refractivity contribution in [3.05, 3.63) is 48.8 Å². The zero-order chi connectivity index (χ0) is 13.7. The lowest BCUT2D eigenvalue weighted by Crippen LogP contribution is -2.29. The summed E-state index contributed by atoms with van der Waals surface area (Å²) in [6.07, 6.45) is 6.31. The van der Waals surface area contributed by atoms with Crippen LogP contribution in [0.1, 0.15) is 13.8 Å². The number of aromatic nitrogens is 1. The number of benzene rings is 1. The molecule has 2 aromatic rings. The Labute approximate surface area is 120 Å². The maximum Gasteiger partial charge on any atom is 0.210 e. The van der Waals surface area contributed by atoms with Gasteiger partial charge in [0, 0.05) is 47.9 Å². The molecule has 0 aliphatic heterocycles. The second kappa shape index (κ2) is 6.62. The van der Waals surface area contributed by atoms with E-state index in [1.807, 2.05) is 0 Å². The van der Waals surface area contributed by atoms with Crippen molar-refractivity contribution in [3.63, 3.8) is 0 Å². The molecule has 0 aliphatic rings. The molecule has 0 saturated heterocycles. The van der Waals surface area contributed by atoms with Crippen LogP contribution in [0.4, 0.5) is 5.69 Å². The first-order valence-corrected chi connectivity index (χ1v) is 7.91. The smallest absolute Gasteiger partial charge is 0.210 e. The van der Waals surface area contributed by atoms with Gasteiger partial charge in [-0.1, -0.05) is 0 Å². The van der Waals surface area contributed by atoms with Crippen LogP contribution in [0.3, 0.4) is 0 Å². The molecule has 3 heteroatoms. The van der Waals surface area contributed by atoms with E-state index in [1.54, 1.807) is 11.8 Å². The summed E-state index contributed by atoms with van der Waals surface area (Å²) < 4.78 is 2.14. The molecule has 2 nitrogen and oxygen atoms in total. The predicted molar refractivity (Wildman–Crippen MR) is 83.3 cm³/mol. The molecule has 100 valence electrons. The molecule has 1 aromatic carbocycles. The molecule has 1 aromatic heterocycles. The Morgan fingerprint density at radius 2 is 1.53 bits per heavy atom. The maximum atomic E-state index is 2.35. The number of pyridine rings is 1. The fraction of sp³-hybridized carbons (Fsp3) is 0.312. The quantitative estimate of drug-likeness (QED) is 0.608. The lowest BCUT2D eigenvalue weighted by molar-refractivity contribution is -0.596. The Hall–Kier alpha value is -1.48. The summed E-state index contributed by atoms with van der Waals surface area (Å²) in [4.78, 5) is 3.64. The van der Waals surface area contributed by atoms with Crippen molar-refractivity contribution in [1.82, 2.24) is 0 Å². The van der Waals surface area contributed by atoms with E-state index in [2.05, 4.69) is 78.4 Å². The van der Waals surface area contributed by atoms with Gasteiger partial charge in [-0.25, -0.2) is 0 Å². The third-order valence-electron chi connectivity index (χ3n) is 3.31. The third kappa shape index (κ3) is 3.29. The van der Waals surface area contributed by atoms with E-state index in [9.17, 15) is 0 Å². The number of anilines is 1. The van der Waals surface area contributed by atoms with Crippen molar-refractivity contribution < 1.29 is 4.57 Å². The van der Waals surface area contributed by atoms with Crippen LogP contribution in [0.25, 0.3) is 5.69 Å². The molecular formula is C16H21N2S+. The van der Waals surface area contributed by atoms with Crippen LogP contribution >= 0.6 is 11.8 Å². The largest absolute Gasteiger partial charge is 0.372 e. The van der Waals surface area contributed by atoms with Crippen LogP contribution in [0.5, 0.6) is 0 Å². The highest BCUT2D eigenvalue weighted by molar-refractivity contribution is 7.98. The molecule has 0 saturated carbocycles. The lowest BCUT2D eigenvalue weighted by Gasteiger charge is -2.20. The molecule has 2 rings (SSSR count). The van der Waals surface area contributed by atoms with Gasteiger partial charge in [0.15, 0.2) is 12.4 Å². The summed E-state index contributed by atoms with van der Waals surface area (Å²) in [5, 5.41) is 0. The lowest BCUT2D eigenvalue weighted by atomic mass is 10.2. The Bertz CT molecular complexity index is 501. The molecule has 0 N–H and O–H groups in total. The topological polar surface area (TPSA) is 7.12 Å². The van der Waals surface area contributed by atoms with E-state index in [-0.39, 0.29) is 0 Å². The Morgan fingerprint density at radius 1 is 0.947 bits per heavy atom. The molecule has 0 unspecified atom stereocenters. The van der Waals surface area contributed by atoms with Crippen LogP contribution in [0.15, 0.2) is 53.7 Å². The zero-order valence-electron chi connectivity index (χ0n) is 11.8. The number of hydrogen-bond donors (Lipinski definition) is 0. The number of thioether (sulfide) groups is 1. The van der Waals surface area contributed by atoms with Gasteiger partial charge in [-0.05, 0) is 32.2 Å². The molecule has 0 amide bonds. The molecule has 0 bridgehead atoms. The molecular weight excluding hydrogens is 252 g/mol. The van der Waals surface area contributed by atoms with Crippen molar-refractivity contribution in [2.45, 2.75) is 18.7 Å². The molecule has 0 aliphatic carbocycles. The summed E-state index contributed by atoms with van der Waals surface area (Å²) >= 11 is 1.77. The first kappa shape index (κ1) is 13.9. The van der Waals surface area contributed by atoms with Gasteiger partial charge in [0.1, 0.15) is 0 Å². The monoisotopic (exact) mass is 273 g/mol. The van der Waals surface area contributed by atoms with Crippen LogP contribution in [0, 0.1) is 0 Å². The van der Waals surface area contributed by atoms with E-state index in [0.29, 0.717) is 0 Å². The fourth-order valence-corrected chi connectivity index (χ4v) is 2.54. The van der Waals surface area contributed by atoms with E-state index >= 15 is 0 Å². The van der Waals surface area contributed by atoms with E-state index < -0.39 is 0 Å². The minimum absolute atomic E-state index is 1.05. The maximum absolute atomic E-state index is 2.35.